The highest BCUT2D eigenvalue weighted by atomic mass is 35.5. The first-order valence-corrected chi connectivity index (χ1v) is 6.11. The first kappa shape index (κ1) is 12.4. The highest BCUT2D eigenvalue weighted by molar-refractivity contribution is 7.97. The fraction of sp³-hybridized carbons (Fsp3) is 0.364. The van der Waals surface area contributed by atoms with E-state index < -0.39 is 0 Å². The van der Waals surface area contributed by atoms with Crippen molar-refractivity contribution in [1.29, 1.82) is 0 Å². The molecule has 0 aliphatic rings. The summed E-state index contributed by atoms with van der Waals surface area (Å²) in [5.41, 5.74) is 2.05. The average Bonchev–Trinajstić information content (AvgIpc) is 2.17. The van der Waals surface area contributed by atoms with Gasteiger partial charge in [0, 0.05) is 17.8 Å². The Morgan fingerprint density at radius 3 is 2.87 bits per heavy atom. The number of nitrogens with zero attached hydrogens (tertiary/aromatic N) is 2. The molecule has 15 heavy (non-hydrogen) atoms. The molecular formula is C11H15ClN2S. The van der Waals surface area contributed by atoms with E-state index in [1.54, 1.807) is 11.9 Å². The first-order chi connectivity index (χ1) is 7.13. The second kappa shape index (κ2) is 6.03. The van der Waals surface area contributed by atoms with Crippen LogP contribution in [-0.2, 0) is 0 Å². The standard InChI is InChI=1S/C11H15ClN2S/c1-4-15-14(3)8-13-11-6-5-10(12)7-9(11)2/h5-8H,4H2,1-3H3. The molecule has 0 fully saturated rings. The number of halogens is 1. The average molecular weight is 243 g/mol. The quantitative estimate of drug-likeness (QED) is 0.452. The van der Waals surface area contributed by atoms with Crippen LogP contribution in [0.4, 0.5) is 5.69 Å². The van der Waals surface area contributed by atoms with Gasteiger partial charge < -0.3 is 4.31 Å². The molecule has 0 saturated carbocycles. The second-order valence-corrected chi connectivity index (χ2v) is 4.99. The van der Waals surface area contributed by atoms with E-state index >= 15 is 0 Å². The number of hydrogen-bond acceptors (Lipinski definition) is 2. The number of aliphatic imine (C=N–C) groups is 1. The minimum absolute atomic E-state index is 0.753. The zero-order valence-corrected chi connectivity index (χ0v) is 10.8. The van der Waals surface area contributed by atoms with Gasteiger partial charge in [0.2, 0.25) is 0 Å². The molecule has 1 rings (SSSR count). The van der Waals surface area contributed by atoms with Crippen molar-refractivity contribution >= 4 is 35.6 Å². The summed E-state index contributed by atoms with van der Waals surface area (Å²) in [7, 11) is 1.99. The maximum atomic E-state index is 5.86. The maximum absolute atomic E-state index is 5.86. The number of rotatable bonds is 4. The van der Waals surface area contributed by atoms with Crippen molar-refractivity contribution in [2.75, 3.05) is 12.8 Å². The van der Waals surface area contributed by atoms with Gasteiger partial charge in [-0.15, -0.1) is 0 Å². The van der Waals surface area contributed by atoms with Crippen LogP contribution in [-0.4, -0.2) is 23.4 Å². The van der Waals surface area contributed by atoms with Crippen LogP contribution in [0.5, 0.6) is 0 Å². The summed E-state index contributed by atoms with van der Waals surface area (Å²) < 4.78 is 1.99. The lowest BCUT2D eigenvalue weighted by Gasteiger charge is -2.09. The molecule has 0 amide bonds. The molecule has 1 aromatic carbocycles. The van der Waals surface area contributed by atoms with Gasteiger partial charge >= 0.3 is 0 Å². The summed E-state index contributed by atoms with van der Waals surface area (Å²) in [6.45, 7) is 4.12. The van der Waals surface area contributed by atoms with E-state index in [9.17, 15) is 0 Å². The Balaban J connectivity index is 2.72. The molecule has 2 nitrogen and oxygen atoms in total. The van der Waals surface area contributed by atoms with Crippen molar-refractivity contribution in [3.05, 3.63) is 28.8 Å². The molecule has 0 bridgehead atoms. The predicted molar refractivity (Wildman–Crippen MR) is 70.2 cm³/mol. The van der Waals surface area contributed by atoms with E-state index in [0.717, 1.165) is 22.0 Å². The molecule has 0 aromatic heterocycles. The minimum Gasteiger partial charge on any atom is -0.310 e. The fourth-order valence-electron chi connectivity index (χ4n) is 1.14. The molecule has 0 radical (unpaired) electrons. The maximum Gasteiger partial charge on any atom is 0.101 e. The Labute approximate surface area is 100 Å². The highest BCUT2D eigenvalue weighted by Crippen LogP contribution is 2.22. The lowest BCUT2D eigenvalue weighted by molar-refractivity contribution is 0.870. The van der Waals surface area contributed by atoms with Gasteiger partial charge in [-0.25, -0.2) is 4.99 Å². The molecule has 4 heteroatoms. The summed E-state index contributed by atoms with van der Waals surface area (Å²) in [5, 5.41) is 0.753. The minimum atomic E-state index is 0.753. The Morgan fingerprint density at radius 1 is 1.53 bits per heavy atom. The third-order valence-electron chi connectivity index (χ3n) is 1.85. The monoisotopic (exact) mass is 242 g/mol. The summed E-state index contributed by atoms with van der Waals surface area (Å²) in [5.74, 6) is 1.04. The molecule has 0 heterocycles. The first-order valence-electron chi connectivity index (χ1n) is 4.79. The molecule has 0 N–H and O–H groups in total. The van der Waals surface area contributed by atoms with Gasteiger partial charge in [0.05, 0.1) is 5.69 Å². The summed E-state index contributed by atoms with van der Waals surface area (Å²) >= 11 is 7.58. The van der Waals surface area contributed by atoms with Gasteiger partial charge in [-0.3, -0.25) is 0 Å². The molecule has 0 aliphatic carbocycles. The Hall–Kier alpha value is -0.670. The normalized spacial score (nSPS) is 10.9. The molecular weight excluding hydrogens is 228 g/mol. The smallest absolute Gasteiger partial charge is 0.101 e. The van der Waals surface area contributed by atoms with E-state index in [0.29, 0.717) is 0 Å². The van der Waals surface area contributed by atoms with Crippen LogP contribution in [0.2, 0.25) is 5.02 Å². The van der Waals surface area contributed by atoms with Crippen LogP contribution < -0.4 is 0 Å². The Kier molecular flexibility index (Phi) is 4.99. The van der Waals surface area contributed by atoms with Crippen LogP contribution in [0.25, 0.3) is 0 Å². The summed E-state index contributed by atoms with van der Waals surface area (Å²) in [6, 6.07) is 5.70. The second-order valence-electron chi connectivity index (χ2n) is 3.14. The van der Waals surface area contributed by atoms with Crippen LogP contribution in [0.15, 0.2) is 23.2 Å². The van der Waals surface area contributed by atoms with E-state index in [-0.39, 0.29) is 0 Å². The van der Waals surface area contributed by atoms with Crippen molar-refractivity contribution in [3.8, 4) is 0 Å². The molecule has 0 saturated heterocycles. The zero-order chi connectivity index (χ0) is 11.3. The molecule has 0 atom stereocenters. The molecule has 0 unspecified atom stereocenters. The SMILES string of the molecule is CCSN(C)C=Nc1ccc(Cl)cc1C. The Bertz CT molecular complexity index is 352. The van der Waals surface area contributed by atoms with E-state index in [1.165, 1.54) is 0 Å². The fourth-order valence-corrected chi connectivity index (χ4v) is 1.89. The van der Waals surface area contributed by atoms with Crippen molar-refractivity contribution in [1.82, 2.24) is 4.31 Å². The van der Waals surface area contributed by atoms with Gasteiger partial charge in [-0.05, 0) is 42.6 Å². The molecule has 0 spiro atoms. The number of hydrogen-bond donors (Lipinski definition) is 0. The van der Waals surface area contributed by atoms with Crippen molar-refractivity contribution in [3.63, 3.8) is 0 Å². The van der Waals surface area contributed by atoms with Gasteiger partial charge in [-0.1, -0.05) is 18.5 Å². The van der Waals surface area contributed by atoms with E-state index in [4.69, 9.17) is 11.6 Å². The zero-order valence-electron chi connectivity index (χ0n) is 9.20. The topological polar surface area (TPSA) is 15.6 Å². The number of benzene rings is 1. The van der Waals surface area contributed by atoms with Gasteiger partial charge in [0.25, 0.3) is 0 Å². The van der Waals surface area contributed by atoms with E-state index in [1.807, 2.05) is 42.8 Å². The largest absolute Gasteiger partial charge is 0.310 e. The summed E-state index contributed by atoms with van der Waals surface area (Å²) in [4.78, 5) is 4.39. The van der Waals surface area contributed by atoms with Crippen LogP contribution in [0.1, 0.15) is 12.5 Å². The van der Waals surface area contributed by atoms with Gasteiger partial charge in [-0.2, -0.15) is 0 Å². The van der Waals surface area contributed by atoms with Gasteiger partial charge in [0.15, 0.2) is 0 Å². The van der Waals surface area contributed by atoms with Gasteiger partial charge in [0.1, 0.15) is 6.34 Å². The molecule has 0 aliphatic heterocycles. The molecule has 1 aromatic rings. The highest BCUT2D eigenvalue weighted by Gasteiger charge is 1.96. The third kappa shape index (κ3) is 4.14. The summed E-state index contributed by atoms with van der Waals surface area (Å²) in [6.07, 6.45) is 1.82. The number of aryl methyl sites for hydroxylation is 1. The molecule has 82 valence electrons. The van der Waals surface area contributed by atoms with Crippen LogP contribution >= 0.6 is 23.5 Å². The van der Waals surface area contributed by atoms with E-state index in [2.05, 4.69) is 11.9 Å². The van der Waals surface area contributed by atoms with Crippen molar-refractivity contribution in [2.24, 2.45) is 4.99 Å². The lowest BCUT2D eigenvalue weighted by Crippen LogP contribution is -2.05. The van der Waals surface area contributed by atoms with Crippen molar-refractivity contribution in [2.45, 2.75) is 13.8 Å². The van der Waals surface area contributed by atoms with Crippen LogP contribution in [0, 0.1) is 6.92 Å². The lowest BCUT2D eigenvalue weighted by atomic mass is 10.2. The predicted octanol–water partition coefficient (Wildman–Crippen LogP) is 3.91. The van der Waals surface area contributed by atoms with Crippen molar-refractivity contribution < 1.29 is 0 Å². The van der Waals surface area contributed by atoms with Crippen LogP contribution in [0.3, 0.4) is 0 Å². The Morgan fingerprint density at radius 2 is 2.27 bits per heavy atom. The third-order valence-corrected chi connectivity index (χ3v) is 2.85.